The molecule has 0 radical (unpaired) electrons. The molecule has 0 saturated carbocycles. The van der Waals surface area contributed by atoms with Gasteiger partial charge in [-0.05, 0) is 31.9 Å². The Kier molecular flexibility index (Phi) is 2.65. The van der Waals surface area contributed by atoms with Crippen molar-refractivity contribution in [3.05, 3.63) is 17.2 Å². The quantitative estimate of drug-likeness (QED) is 0.722. The van der Waals surface area contributed by atoms with Gasteiger partial charge in [0, 0.05) is 12.6 Å². The number of benzene rings is 1. The van der Waals surface area contributed by atoms with Gasteiger partial charge in [-0.25, -0.2) is 0 Å². The third-order valence-corrected chi connectivity index (χ3v) is 3.32. The number of halogens is 1. The summed E-state index contributed by atoms with van der Waals surface area (Å²) in [6, 6.07) is 4.14. The minimum Gasteiger partial charge on any atom is -0.397 e. The lowest BCUT2D eigenvalue weighted by molar-refractivity contribution is 0.735. The molecule has 1 fully saturated rings. The highest BCUT2D eigenvalue weighted by Crippen LogP contribution is 2.35. The van der Waals surface area contributed by atoms with Gasteiger partial charge in [0.2, 0.25) is 0 Å². The Hall–Kier alpha value is -1.09. The molecule has 0 aliphatic carbocycles. The Morgan fingerprint density at radius 2 is 2.00 bits per heavy atom. The molecule has 0 aromatic heterocycles. The average molecular weight is 226 g/mol. The molecule has 15 heavy (non-hydrogen) atoms. The first-order valence-electron chi connectivity index (χ1n) is 5.20. The summed E-state index contributed by atoms with van der Waals surface area (Å²) in [5.41, 5.74) is 13.7. The number of rotatable bonds is 1. The summed E-state index contributed by atoms with van der Waals surface area (Å²) in [6.45, 7) is 3.25. The van der Waals surface area contributed by atoms with E-state index in [0.717, 1.165) is 12.2 Å². The fraction of sp³-hybridized carbons (Fsp3) is 0.455. The standard InChI is InChI=1S/C11H16ClN3/c1-7-3-2-4-15(7)11-6-10(14)9(13)5-8(11)12/h5-7H,2-4,13-14H2,1H3. The number of nitrogens with two attached hydrogens (primary N) is 2. The van der Waals surface area contributed by atoms with Gasteiger partial charge < -0.3 is 16.4 Å². The summed E-state index contributed by atoms with van der Waals surface area (Å²) in [5, 5.41) is 0.690. The maximum Gasteiger partial charge on any atom is 0.0661 e. The predicted octanol–water partition coefficient (Wildman–Crippen LogP) is 2.49. The highest BCUT2D eigenvalue weighted by Gasteiger charge is 2.22. The monoisotopic (exact) mass is 225 g/mol. The fourth-order valence-corrected chi connectivity index (χ4v) is 2.39. The van der Waals surface area contributed by atoms with E-state index in [4.69, 9.17) is 23.1 Å². The summed E-state index contributed by atoms with van der Waals surface area (Å²) >= 11 is 6.17. The van der Waals surface area contributed by atoms with Crippen LogP contribution in [0.3, 0.4) is 0 Å². The third-order valence-electron chi connectivity index (χ3n) is 3.01. The van der Waals surface area contributed by atoms with Crippen LogP contribution in [0.2, 0.25) is 5.02 Å². The zero-order valence-corrected chi connectivity index (χ0v) is 9.59. The molecule has 4 N–H and O–H groups in total. The molecule has 3 nitrogen and oxygen atoms in total. The van der Waals surface area contributed by atoms with E-state index in [1.54, 1.807) is 6.07 Å². The molecule has 4 heteroatoms. The molecule has 0 bridgehead atoms. The molecule has 0 amide bonds. The zero-order valence-electron chi connectivity index (χ0n) is 8.83. The number of nitrogens with zero attached hydrogens (tertiary/aromatic N) is 1. The normalized spacial score (nSPS) is 20.9. The molecule has 1 atom stereocenters. The van der Waals surface area contributed by atoms with Gasteiger partial charge in [0.05, 0.1) is 22.1 Å². The molecule has 1 aliphatic heterocycles. The second-order valence-electron chi connectivity index (χ2n) is 4.12. The molecule has 82 valence electrons. The van der Waals surface area contributed by atoms with E-state index in [1.807, 2.05) is 6.07 Å². The molecule has 1 saturated heterocycles. The van der Waals surface area contributed by atoms with Crippen molar-refractivity contribution in [2.24, 2.45) is 0 Å². The maximum absolute atomic E-state index is 6.17. The minimum atomic E-state index is 0.533. The lowest BCUT2D eigenvalue weighted by Gasteiger charge is -2.25. The van der Waals surface area contributed by atoms with Crippen LogP contribution in [0.1, 0.15) is 19.8 Å². The van der Waals surface area contributed by atoms with Crippen LogP contribution >= 0.6 is 11.6 Å². The molecular weight excluding hydrogens is 210 g/mol. The SMILES string of the molecule is CC1CCCN1c1cc(N)c(N)cc1Cl. The lowest BCUT2D eigenvalue weighted by Crippen LogP contribution is -2.26. The summed E-state index contributed by atoms with van der Waals surface area (Å²) in [5.74, 6) is 0. The van der Waals surface area contributed by atoms with Crippen LogP contribution in [0.25, 0.3) is 0 Å². The van der Waals surface area contributed by atoms with Crippen LogP contribution in [0.5, 0.6) is 0 Å². The molecular formula is C11H16ClN3. The van der Waals surface area contributed by atoms with Crippen LogP contribution in [0.15, 0.2) is 12.1 Å². The minimum absolute atomic E-state index is 0.533. The van der Waals surface area contributed by atoms with Crippen molar-refractivity contribution in [3.63, 3.8) is 0 Å². The second-order valence-corrected chi connectivity index (χ2v) is 4.52. The van der Waals surface area contributed by atoms with Gasteiger partial charge in [0.15, 0.2) is 0 Å². The first-order chi connectivity index (χ1) is 7.09. The van der Waals surface area contributed by atoms with E-state index in [1.165, 1.54) is 12.8 Å². The predicted molar refractivity (Wildman–Crippen MR) is 66.3 cm³/mol. The van der Waals surface area contributed by atoms with E-state index in [2.05, 4.69) is 11.8 Å². The molecule has 1 aromatic carbocycles. The van der Waals surface area contributed by atoms with Crippen LogP contribution in [-0.4, -0.2) is 12.6 Å². The van der Waals surface area contributed by atoms with Crippen LogP contribution in [0.4, 0.5) is 17.1 Å². The van der Waals surface area contributed by atoms with Gasteiger partial charge in [-0.2, -0.15) is 0 Å². The lowest BCUT2D eigenvalue weighted by atomic mass is 10.2. The molecule has 1 aliphatic rings. The first-order valence-corrected chi connectivity index (χ1v) is 5.58. The highest BCUT2D eigenvalue weighted by atomic mass is 35.5. The summed E-state index contributed by atoms with van der Waals surface area (Å²) in [4.78, 5) is 2.29. The second kappa shape index (κ2) is 3.81. The molecule has 1 aromatic rings. The Morgan fingerprint density at radius 1 is 1.33 bits per heavy atom. The highest BCUT2D eigenvalue weighted by molar-refractivity contribution is 6.33. The van der Waals surface area contributed by atoms with Crippen molar-refractivity contribution in [3.8, 4) is 0 Å². The van der Waals surface area contributed by atoms with Crippen molar-refractivity contribution in [1.82, 2.24) is 0 Å². The van der Waals surface area contributed by atoms with E-state index >= 15 is 0 Å². The van der Waals surface area contributed by atoms with Gasteiger partial charge in [-0.15, -0.1) is 0 Å². The fourth-order valence-electron chi connectivity index (χ4n) is 2.10. The van der Waals surface area contributed by atoms with E-state index in [-0.39, 0.29) is 0 Å². The van der Waals surface area contributed by atoms with Gasteiger partial charge in [-0.3, -0.25) is 0 Å². The summed E-state index contributed by atoms with van der Waals surface area (Å²) < 4.78 is 0. The van der Waals surface area contributed by atoms with E-state index < -0.39 is 0 Å². The third kappa shape index (κ3) is 1.84. The van der Waals surface area contributed by atoms with Crippen LogP contribution in [0, 0.1) is 0 Å². The summed E-state index contributed by atoms with van der Waals surface area (Å²) in [6.07, 6.45) is 2.42. The molecule has 2 rings (SSSR count). The number of nitrogen functional groups attached to an aromatic ring is 2. The topological polar surface area (TPSA) is 55.3 Å². The largest absolute Gasteiger partial charge is 0.397 e. The van der Waals surface area contributed by atoms with Gasteiger partial charge >= 0.3 is 0 Å². The van der Waals surface area contributed by atoms with E-state index in [9.17, 15) is 0 Å². The number of anilines is 3. The average Bonchev–Trinajstić information content (AvgIpc) is 2.58. The summed E-state index contributed by atoms with van der Waals surface area (Å²) in [7, 11) is 0. The van der Waals surface area contributed by atoms with Crippen molar-refractivity contribution in [2.45, 2.75) is 25.8 Å². The molecule has 0 spiro atoms. The van der Waals surface area contributed by atoms with Crippen LogP contribution in [-0.2, 0) is 0 Å². The molecule has 1 heterocycles. The zero-order chi connectivity index (χ0) is 11.0. The van der Waals surface area contributed by atoms with Crippen molar-refractivity contribution >= 4 is 28.7 Å². The van der Waals surface area contributed by atoms with Gasteiger partial charge in [0.25, 0.3) is 0 Å². The number of hydrogen-bond donors (Lipinski definition) is 2. The van der Waals surface area contributed by atoms with Gasteiger partial charge in [0.1, 0.15) is 0 Å². The van der Waals surface area contributed by atoms with Crippen molar-refractivity contribution in [1.29, 1.82) is 0 Å². The van der Waals surface area contributed by atoms with Gasteiger partial charge in [-0.1, -0.05) is 11.6 Å². The van der Waals surface area contributed by atoms with Crippen LogP contribution < -0.4 is 16.4 Å². The molecule has 1 unspecified atom stereocenters. The Labute approximate surface area is 95.0 Å². The Bertz CT molecular complexity index is 378. The number of hydrogen-bond acceptors (Lipinski definition) is 3. The maximum atomic E-state index is 6.17. The first kappa shape index (κ1) is 10.4. The Balaban J connectivity index is 2.39. The van der Waals surface area contributed by atoms with Crippen molar-refractivity contribution < 1.29 is 0 Å². The smallest absolute Gasteiger partial charge is 0.0661 e. The van der Waals surface area contributed by atoms with E-state index in [0.29, 0.717) is 22.4 Å². The van der Waals surface area contributed by atoms with Crippen molar-refractivity contribution in [2.75, 3.05) is 22.9 Å². The Morgan fingerprint density at radius 3 is 2.60 bits per heavy atom.